The lowest BCUT2D eigenvalue weighted by molar-refractivity contribution is -0.141. The van der Waals surface area contributed by atoms with Crippen molar-refractivity contribution in [2.24, 2.45) is 5.92 Å². The number of ether oxygens (including phenoxy) is 2. The highest BCUT2D eigenvalue weighted by molar-refractivity contribution is 7.89. The van der Waals surface area contributed by atoms with Crippen molar-refractivity contribution in [3.63, 3.8) is 0 Å². The van der Waals surface area contributed by atoms with Crippen molar-refractivity contribution in [2.45, 2.75) is 114 Å². The summed E-state index contributed by atoms with van der Waals surface area (Å²) in [6.07, 6.45) is 3.53. The molecule has 6 rings (SSSR count). The summed E-state index contributed by atoms with van der Waals surface area (Å²) in [5.74, 6) is -5.12. The van der Waals surface area contributed by atoms with Crippen molar-refractivity contribution in [1.29, 1.82) is 0 Å². The van der Waals surface area contributed by atoms with Gasteiger partial charge >= 0.3 is 12.2 Å². The van der Waals surface area contributed by atoms with E-state index < -0.39 is 92.6 Å². The Morgan fingerprint density at radius 2 is 1.75 bits per heavy atom. The zero-order valence-electron chi connectivity index (χ0n) is 31.5. The minimum absolute atomic E-state index is 0.0334. The SMILES string of the molecule is CC(C)(C)OC(=O)N[C@H]1CCCCC/C=C\[C@@H]2C[C@@]2(C(=O)NS(=O)(=O)Cc2ccccc2F)NC(=O)[C@@H]2C[C@@H](OC(=O)N3Cc4cccc(F)c4C3)CN2C1=O. The minimum Gasteiger partial charge on any atom is -0.444 e. The van der Waals surface area contributed by atoms with E-state index >= 15 is 0 Å². The van der Waals surface area contributed by atoms with E-state index in [1.165, 1.54) is 34.1 Å². The Bertz CT molecular complexity index is 2020. The molecule has 17 heteroatoms. The van der Waals surface area contributed by atoms with Crippen LogP contribution < -0.4 is 15.4 Å². The molecule has 0 unspecified atom stereocenters. The summed E-state index contributed by atoms with van der Waals surface area (Å²) in [7, 11) is -4.43. The monoisotopic (exact) mass is 799 g/mol. The largest absolute Gasteiger partial charge is 0.444 e. The minimum atomic E-state index is -4.43. The van der Waals surface area contributed by atoms with E-state index in [4.69, 9.17) is 9.47 Å². The van der Waals surface area contributed by atoms with Crippen LogP contribution in [0.4, 0.5) is 18.4 Å². The Morgan fingerprint density at radius 3 is 2.48 bits per heavy atom. The highest BCUT2D eigenvalue weighted by atomic mass is 32.2. The van der Waals surface area contributed by atoms with Gasteiger partial charge in [0.2, 0.25) is 21.8 Å². The van der Waals surface area contributed by atoms with Crippen molar-refractivity contribution in [1.82, 2.24) is 25.2 Å². The predicted molar refractivity (Wildman–Crippen MR) is 198 cm³/mol. The second kappa shape index (κ2) is 16.2. The van der Waals surface area contributed by atoms with Crippen molar-refractivity contribution in [3.8, 4) is 0 Å². The fraction of sp³-hybridized carbons (Fsp3) is 0.513. The maximum atomic E-state index is 14.5. The Labute approximate surface area is 324 Å². The van der Waals surface area contributed by atoms with Crippen molar-refractivity contribution in [2.75, 3.05) is 6.54 Å². The molecule has 5 atom stereocenters. The molecule has 0 aromatic heterocycles. The number of hydrogen-bond acceptors (Lipinski definition) is 9. The number of amides is 5. The second-order valence-corrected chi connectivity index (χ2v) is 17.5. The summed E-state index contributed by atoms with van der Waals surface area (Å²) in [6, 6.07) is 7.37. The first-order valence-corrected chi connectivity index (χ1v) is 20.4. The summed E-state index contributed by atoms with van der Waals surface area (Å²) >= 11 is 0. The van der Waals surface area contributed by atoms with Crippen LogP contribution >= 0.6 is 0 Å². The lowest BCUT2D eigenvalue weighted by Gasteiger charge is -2.30. The number of carbonyl (C=O) groups is 5. The fourth-order valence-corrected chi connectivity index (χ4v) is 8.61. The number of nitrogens with zero attached hydrogens (tertiary/aromatic N) is 2. The number of allylic oxidation sites excluding steroid dienone is 1. The van der Waals surface area contributed by atoms with Gasteiger partial charge in [-0.2, -0.15) is 0 Å². The molecular weight excluding hydrogens is 753 g/mol. The van der Waals surface area contributed by atoms with Crippen LogP contribution in [0.2, 0.25) is 0 Å². The molecule has 2 aromatic rings. The van der Waals surface area contributed by atoms with Crippen molar-refractivity contribution in [3.05, 3.63) is 82.9 Å². The zero-order valence-corrected chi connectivity index (χ0v) is 32.3. The zero-order chi connectivity index (χ0) is 40.4. The maximum Gasteiger partial charge on any atom is 0.410 e. The molecule has 1 aliphatic carbocycles. The molecule has 3 heterocycles. The van der Waals surface area contributed by atoms with Crippen LogP contribution in [0, 0.1) is 17.6 Å². The summed E-state index contributed by atoms with van der Waals surface area (Å²) in [6.45, 7) is 4.84. The first-order chi connectivity index (χ1) is 26.4. The lowest BCUT2D eigenvalue weighted by atomic mass is 10.0. The van der Waals surface area contributed by atoms with Gasteiger partial charge in [-0.25, -0.2) is 26.8 Å². The summed E-state index contributed by atoms with van der Waals surface area (Å²) in [5.41, 5.74) is -1.76. The van der Waals surface area contributed by atoms with Gasteiger partial charge < -0.3 is 25.0 Å². The van der Waals surface area contributed by atoms with Gasteiger partial charge in [0.1, 0.15) is 41.0 Å². The van der Waals surface area contributed by atoms with E-state index in [9.17, 15) is 41.2 Å². The number of alkyl carbamates (subject to hydrolysis) is 1. The Morgan fingerprint density at radius 1 is 1.00 bits per heavy atom. The second-order valence-electron chi connectivity index (χ2n) is 15.8. The summed E-state index contributed by atoms with van der Waals surface area (Å²) in [5, 5.41) is 5.37. The van der Waals surface area contributed by atoms with Gasteiger partial charge in [0.05, 0.1) is 18.8 Å². The third-order valence-electron chi connectivity index (χ3n) is 10.3. The molecule has 2 fully saturated rings. The smallest absolute Gasteiger partial charge is 0.410 e. The molecule has 3 aliphatic heterocycles. The first-order valence-electron chi connectivity index (χ1n) is 18.7. The highest BCUT2D eigenvalue weighted by Crippen LogP contribution is 2.46. The molecule has 1 saturated heterocycles. The standard InChI is InChI=1S/C39H47F2N5O9S/c1-38(2,3)55-36(50)42-31-17-8-6-4-5-7-14-26-19-39(26,35(49)44-56(52,53)23-25-12-9-10-15-29(25)40)43-33(47)32-18-27(21-46(32)34(31)48)54-37(51)45-20-24-13-11-16-30(41)28(24)22-45/h7,9-16,26-27,31-32H,4-6,8,17-23H2,1-3H3,(H,42,50)(H,43,47)(H,44,49)/b14-7-/t26-,27-,31+,32+,39-/m1/s1. The normalized spacial score (nSPS) is 26.0. The number of carbonyl (C=O) groups excluding carboxylic acids is 5. The van der Waals surface area contributed by atoms with Crippen LogP contribution in [-0.4, -0.2) is 84.0 Å². The van der Waals surface area contributed by atoms with Crippen LogP contribution in [0.3, 0.4) is 0 Å². The lowest BCUT2D eigenvalue weighted by Crippen LogP contribution is -2.58. The van der Waals surface area contributed by atoms with E-state index in [-0.39, 0.29) is 44.5 Å². The number of sulfonamides is 1. The predicted octanol–water partition coefficient (Wildman–Crippen LogP) is 4.32. The number of hydrogen-bond donors (Lipinski definition) is 3. The molecule has 0 spiro atoms. The Kier molecular flexibility index (Phi) is 11.7. The van der Waals surface area contributed by atoms with E-state index in [2.05, 4.69) is 10.6 Å². The first kappa shape index (κ1) is 40.6. The summed E-state index contributed by atoms with van der Waals surface area (Å²) < 4.78 is 68.3. The fourth-order valence-electron chi connectivity index (χ4n) is 7.43. The van der Waals surface area contributed by atoms with Crippen LogP contribution in [0.25, 0.3) is 0 Å². The summed E-state index contributed by atoms with van der Waals surface area (Å²) in [4.78, 5) is 71.3. The molecule has 2 aromatic carbocycles. The van der Waals surface area contributed by atoms with Crippen molar-refractivity contribution < 1.29 is 50.6 Å². The average molecular weight is 800 g/mol. The van der Waals surface area contributed by atoms with Gasteiger partial charge in [0, 0.05) is 30.0 Å². The highest BCUT2D eigenvalue weighted by Gasteiger charge is 2.61. The number of fused-ring (bicyclic) bond motifs is 3. The quantitative estimate of drug-likeness (QED) is 0.359. The molecule has 302 valence electrons. The molecule has 5 amide bonds. The Balaban J connectivity index is 1.25. The number of nitrogens with one attached hydrogen (secondary N) is 3. The van der Waals surface area contributed by atoms with Crippen LogP contribution in [0.15, 0.2) is 54.6 Å². The average Bonchev–Trinajstić information content (AvgIpc) is 3.40. The Hall–Kier alpha value is -5.06. The molecule has 14 nitrogen and oxygen atoms in total. The van der Waals surface area contributed by atoms with Gasteiger partial charge in [-0.3, -0.25) is 24.0 Å². The van der Waals surface area contributed by atoms with Crippen LogP contribution in [-0.2, 0) is 52.7 Å². The third kappa shape index (κ3) is 9.48. The maximum absolute atomic E-state index is 14.5. The van der Waals surface area contributed by atoms with Gasteiger partial charge in [-0.15, -0.1) is 0 Å². The molecule has 0 bridgehead atoms. The molecule has 0 radical (unpaired) electrons. The van der Waals surface area contributed by atoms with Gasteiger partial charge in [-0.05, 0) is 64.2 Å². The van der Waals surface area contributed by atoms with Crippen LogP contribution in [0.5, 0.6) is 0 Å². The molecule has 1 saturated carbocycles. The molecule has 3 N–H and O–H groups in total. The molecule has 56 heavy (non-hydrogen) atoms. The van der Waals surface area contributed by atoms with Crippen molar-refractivity contribution >= 4 is 39.9 Å². The van der Waals surface area contributed by atoms with E-state index in [1.807, 2.05) is 10.8 Å². The van der Waals surface area contributed by atoms with Gasteiger partial charge in [0.15, 0.2) is 0 Å². The number of halogens is 2. The van der Waals surface area contributed by atoms with Gasteiger partial charge in [0.25, 0.3) is 5.91 Å². The molecular formula is C39H47F2N5O9S. The van der Waals surface area contributed by atoms with Gasteiger partial charge in [-0.1, -0.05) is 55.3 Å². The number of rotatable bonds is 6. The third-order valence-corrected chi connectivity index (χ3v) is 11.5. The van der Waals surface area contributed by atoms with E-state index in [0.717, 1.165) is 6.07 Å². The van der Waals surface area contributed by atoms with Crippen LogP contribution in [0.1, 0.15) is 82.4 Å². The number of benzene rings is 2. The topological polar surface area (TPSA) is 181 Å². The molecule has 4 aliphatic rings. The van der Waals surface area contributed by atoms with E-state index in [0.29, 0.717) is 36.8 Å². The van der Waals surface area contributed by atoms with E-state index in [1.54, 1.807) is 39.0 Å².